The molecule has 4 N–H and O–H groups in total. The Labute approximate surface area is 178 Å². The zero-order chi connectivity index (χ0) is 22.3. The molecule has 0 fully saturated rings. The number of rotatable bonds is 9. The molecule has 0 spiro atoms. The molecule has 2 aromatic carbocycles. The van der Waals surface area contributed by atoms with Gasteiger partial charge in [0.25, 0.3) is 0 Å². The van der Waals surface area contributed by atoms with Crippen molar-refractivity contribution in [1.82, 2.24) is 10.6 Å². The third-order valence-corrected chi connectivity index (χ3v) is 4.63. The van der Waals surface area contributed by atoms with Gasteiger partial charge in [-0.15, -0.1) is 0 Å². The Morgan fingerprint density at radius 2 is 1.73 bits per heavy atom. The highest BCUT2D eigenvalue weighted by atomic mass is 35.5. The zero-order valence-corrected chi connectivity index (χ0v) is 17.3. The Morgan fingerprint density at radius 3 is 2.30 bits per heavy atom. The Morgan fingerprint density at radius 1 is 1.07 bits per heavy atom. The summed E-state index contributed by atoms with van der Waals surface area (Å²) >= 11 is 6.10. The Balaban J connectivity index is 2.15. The van der Waals surface area contributed by atoms with E-state index in [1.54, 1.807) is 24.3 Å². The largest absolute Gasteiger partial charge is 0.495 e. The van der Waals surface area contributed by atoms with Gasteiger partial charge < -0.3 is 21.1 Å². The van der Waals surface area contributed by atoms with Crippen molar-refractivity contribution < 1.29 is 23.5 Å². The highest BCUT2D eigenvalue weighted by Crippen LogP contribution is 2.25. The summed E-state index contributed by atoms with van der Waals surface area (Å²) < 4.78 is 18.5. The second kappa shape index (κ2) is 10.6. The van der Waals surface area contributed by atoms with E-state index in [2.05, 4.69) is 10.6 Å². The van der Waals surface area contributed by atoms with Gasteiger partial charge in [0, 0.05) is 19.8 Å². The van der Waals surface area contributed by atoms with Gasteiger partial charge in [-0.3, -0.25) is 14.4 Å². The lowest BCUT2D eigenvalue weighted by Crippen LogP contribution is -2.54. The van der Waals surface area contributed by atoms with Crippen molar-refractivity contribution in [2.45, 2.75) is 31.8 Å². The van der Waals surface area contributed by atoms with Gasteiger partial charge in [-0.05, 0) is 35.4 Å². The van der Waals surface area contributed by atoms with E-state index in [1.165, 1.54) is 32.2 Å². The third-order valence-electron chi connectivity index (χ3n) is 4.34. The standard InChI is InChI=1S/C21H23ClFN3O4/c1-12(27)25-18(11-13-4-3-5-15(23)8-13)21(29)26-17(20(24)28)10-14-6-7-19(30-2)16(22)9-14/h3-9,17-18H,10-11H2,1-2H3,(H2,24,28)(H,25,27)(H,26,29)/t17-,18+/m1/s1. The molecule has 160 valence electrons. The number of benzene rings is 2. The molecular weight excluding hydrogens is 413 g/mol. The van der Waals surface area contributed by atoms with Gasteiger partial charge in [0.1, 0.15) is 23.7 Å². The third kappa shape index (κ3) is 6.73. The van der Waals surface area contributed by atoms with Crippen LogP contribution in [0.25, 0.3) is 0 Å². The van der Waals surface area contributed by atoms with Crippen molar-refractivity contribution in [3.63, 3.8) is 0 Å². The van der Waals surface area contributed by atoms with Crippen LogP contribution in [0.4, 0.5) is 4.39 Å². The summed E-state index contributed by atoms with van der Waals surface area (Å²) in [6.07, 6.45) is 0.139. The van der Waals surface area contributed by atoms with E-state index in [9.17, 15) is 18.8 Å². The fraction of sp³-hybridized carbons (Fsp3) is 0.286. The van der Waals surface area contributed by atoms with Crippen LogP contribution in [0, 0.1) is 5.82 Å². The fourth-order valence-electron chi connectivity index (χ4n) is 2.92. The van der Waals surface area contributed by atoms with Crippen LogP contribution >= 0.6 is 11.6 Å². The highest BCUT2D eigenvalue weighted by Gasteiger charge is 2.26. The topological polar surface area (TPSA) is 111 Å². The van der Waals surface area contributed by atoms with E-state index >= 15 is 0 Å². The molecule has 2 rings (SSSR count). The van der Waals surface area contributed by atoms with Crippen LogP contribution in [0.2, 0.25) is 5.02 Å². The molecule has 2 aromatic rings. The van der Waals surface area contributed by atoms with Crippen LogP contribution in [-0.4, -0.2) is 36.9 Å². The van der Waals surface area contributed by atoms with Crippen LogP contribution in [0.1, 0.15) is 18.1 Å². The lowest BCUT2D eigenvalue weighted by Gasteiger charge is -2.22. The first-order valence-corrected chi connectivity index (χ1v) is 9.51. The van der Waals surface area contributed by atoms with Crippen LogP contribution in [-0.2, 0) is 27.2 Å². The van der Waals surface area contributed by atoms with Gasteiger partial charge in [-0.1, -0.05) is 29.8 Å². The molecule has 9 heteroatoms. The van der Waals surface area contributed by atoms with Crippen molar-refractivity contribution in [1.29, 1.82) is 0 Å². The van der Waals surface area contributed by atoms with E-state index in [4.69, 9.17) is 22.1 Å². The summed E-state index contributed by atoms with van der Waals surface area (Å²) in [6, 6.07) is 8.60. The van der Waals surface area contributed by atoms with E-state index in [0.717, 1.165) is 0 Å². The number of hydrogen-bond acceptors (Lipinski definition) is 4. The Hall–Kier alpha value is -3.13. The van der Waals surface area contributed by atoms with Gasteiger partial charge in [0.2, 0.25) is 17.7 Å². The molecule has 2 atom stereocenters. The van der Waals surface area contributed by atoms with Gasteiger partial charge in [0.05, 0.1) is 12.1 Å². The Bertz CT molecular complexity index is 938. The SMILES string of the molecule is COc1ccc(C[C@@H](NC(=O)[C@H](Cc2cccc(F)c2)NC(C)=O)C(N)=O)cc1Cl. The number of hydrogen-bond donors (Lipinski definition) is 3. The van der Waals surface area contributed by atoms with Gasteiger partial charge in [-0.25, -0.2) is 4.39 Å². The number of nitrogens with one attached hydrogen (secondary N) is 2. The lowest BCUT2D eigenvalue weighted by molar-refractivity contribution is -0.130. The minimum absolute atomic E-state index is 0.0447. The van der Waals surface area contributed by atoms with E-state index < -0.39 is 35.6 Å². The first-order valence-electron chi connectivity index (χ1n) is 9.13. The van der Waals surface area contributed by atoms with Crippen molar-refractivity contribution >= 4 is 29.3 Å². The molecule has 0 heterocycles. The van der Waals surface area contributed by atoms with Crippen molar-refractivity contribution in [2.75, 3.05) is 7.11 Å². The highest BCUT2D eigenvalue weighted by molar-refractivity contribution is 6.32. The van der Waals surface area contributed by atoms with E-state index in [-0.39, 0.29) is 12.8 Å². The number of primary amides is 1. The maximum Gasteiger partial charge on any atom is 0.243 e. The second-order valence-electron chi connectivity index (χ2n) is 6.72. The molecule has 30 heavy (non-hydrogen) atoms. The maximum atomic E-state index is 13.5. The minimum atomic E-state index is -1.04. The number of carbonyl (C=O) groups is 3. The molecule has 0 aromatic heterocycles. The molecule has 0 aliphatic rings. The molecule has 0 saturated carbocycles. The summed E-state index contributed by atoms with van der Waals surface area (Å²) in [7, 11) is 1.48. The van der Waals surface area contributed by atoms with Gasteiger partial charge in [0.15, 0.2) is 0 Å². The molecule has 7 nitrogen and oxygen atoms in total. The number of halogens is 2. The van der Waals surface area contributed by atoms with Crippen LogP contribution in [0.5, 0.6) is 5.75 Å². The molecule has 0 aliphatic heterocycles. The number of methoxy groups -OCH3 is 1. The predicted octanol–water partition coefficient (Wildman–Crippen LogP) is 1.75. The number of nitrogens with two attached hydrogens (primary N) is 1. The predicted molar refractivity (Wildman–Crippen MR) is 111 cm³/mol. The summed E-state index contributed by atoms with van der Waals surface area (Å²) in [5, 5.41) is 5.43. The number of amides is 3. The van der Waals surface area contributed by atoms with Crippen molar-refractivity contribution in [3.8, 4) is 5.75 Å². The average Bonchev–Trinajstić information content (AvgIpc) is 2.66. The minimum Gasteiger partial charge on any atom is -0.495 e. The smallest absolute Gasteiger partial charge is 0.243 e. The molecule has 0 bridgehead atoms. The quantitative estimate of drug-likeness (QED) is 0.557. The Kier molecular flexibility index (Phi) is 8.17. The molecular formula is C21H23ClFN3O4. The van der Waals surface area contributed by atoms with Crippen molar-refractivity contribution in [2.24, 2.45) is 5.73 Å². The normalized spacial score (nSPS) is 12.5. The summed E-state index contributed by atoms with van der Waals surface area (Å²) in [6.45, 7) is 1.26. The zero-order valence-electron chi connectivity index (χ0n) is 16.6. The number of ether oxygens (including phenoxy) is 1. The monoisotopic (exact) mass is 435 g/mol. The van der Waals surface area contributed by atoms with Crippen LogP contribution in [0.15, 0.2) is 42.5 Å². The summed E-state index contributed by atoms with van der Waals surface area (Å²) in [5.41, 5.74) is 6.63. The van der Waals surface area contributed by atoms with E-state index in [0.29, 0.717) is 21.9 Å². The first kappa shape index (κ1) is 23.2. The molecule has 0 aliphatic carbocycles. The first-order chi connectivity index (χ1) is 14.2. The molecule has 0 saturated heterocycles. The molecule has 0 unspecified atom stereocenters. The molecule has 3 amide bonds. The fourth-order valence-corrected chi connectivity index (χ4v) is 3.20. The second-order valence-corrected chi connectivity index (χ2v) is 7.13. The van der Waals surface area contributed by atoms with Gasteiger partial charge in [-0.2, -0.15) is 0 Å². The summed E-state index contributed by atoms with van der Waals surface area (Å²) in [5.74, 6) is -1.79. The van der Waals surface area contributed by atoms with E-state index in [1.807, 2.05) is 0 Å². The number of carbonyl (C=O) groups excluding carboxylic acids is 3. The average molecular weight is 436 g/mol. The van der Waals surface area contributed by atoms with Crippen LogP contribution < -0.4 is 21.1 Å². The maximum absolute atomic E-state index is 13.5. The lowest BCUT2D eigenvalue weighted by atomic mass is 10.0. The molecule has 0 radical (unpaired) electrons. The van der Waals surface area contributed by atoms with Crippen LogP contribution in [0.3, 0.4) is 0 Å². The summed E-state index contributed by atoms with van der Waals surface area (Å²) in [4.78, 5) is 36.2. The van der Waals surface area contributed by atoms with Crippen molar-refractivity contribution in [3.05, 3.63) is 64.4 Å². The van der Waals surface area contributed by atoms with Gasteiger partial charge >= 0.3 is 0 Å².